The second-order valence-corrected chi connectivity index (χ2v) is 24.5. The summed E-state index contributed by atoms with van der Waals surface area (Å²) in [7, 11) is 7.56. The number of Topliss-reactive ketones (excluding diaryl/α,β-unsaturated/α-hetero) is 1. The van der Waals surface area contributed by atoms with Crippen LogP contribution in [0.5, 0.6) is 17.2 Å². The van der Waals surface area contributed by atoms with Crippen LogP contribution in [0.1, 0.15) is 174 Å². The van der Waals surface area contributed by atoms with Crippen LogP contribution in [0.15, 0.2) is 18.2 Å². The molecule has 6 fully saturated rings. The van der Waals surface area contributed by atoms with Crippen molar-refractivity contribution in [2.24, 2.45) is 0 Å². The van der Waals surface area contributed by atoms with Gasteiger partial charge in [0.2, 0.25) is 5.78 Å². The minimum absolute atomic E-state index is 0.0144. The quantitative estimate of drug-likeness (QED) is 0.110. The van der Waals surface area contributed by atoms with E-state index in [0.29, 0.717) is 38.5 Å². The Balaban J connectivity index is 0.890. The molecule has 0 aromatic heterocycles. The fourth-order valence-electron chi connectivity index (χ4n) is 13.6. The van der Waals surface area contributed by atoms with Gasteiger partial charge in [0.25, 0.3) is 0 Å². The van der Waals surface area contributed by atoms with E-state index >= 15 is 0 Å². The number of nitrogens with zero attached hydrogens (tertiary/aromatic N) is 2. The van der Waals surface area contributed by atoms with E-state index < -0.39 is 163 Å². The van der Waals surface area contributed by atoms with E-state index in [2.05, 4.69) is 0 Å². The van der Waals surface area contributed by atoms with Crippen LogP contribution in [0.4, 0.5) is 0 Å². The highest BCUT2D eigenvalue weighted by Crippen LogP contribution is 2.58. The minimum atomic E-state index is -1.88. The highest BCUT2D eigenvalue weighted by Gasteiger charge is 2.55. The van der Waals surface area contributed by atoms with E-state index in [1.54, 1.807) is 27.7 Å². The predicted octanol–water partition coefficient (Wildman–Crippen LogP) is 4.91. The number of aliphatic hydroxyl groups is 3. The van der Waals surface area contributed by atoms with Crippen LogP contribution >= 0.6 is 0 Å². The molecule has 6 aliphatic heterocycles. The second-order valence-electron chi connectivity index (χ2n) is 24.5. The first-order valence-electron chi connectivity index (χ1n) is 29.7. The Morgan fingerprint density at radius 1 is 0.554 bits per heavy atom. The fourth-order valence-corrected chi connectivity index (χ4v) is 13.6. The summed E-state index contributed by atoms with van der Waals surface area (Å²) in [5.74, 6) is -3.58. The summed E-state index contributed by atoms with van der Waals surface area (Å²) < 4.78 is 77.2. The molecular formula is C60H86N2O21. The maximum Gasteiger partial charge on any atom is 0.202 e. The van der Waals surface area contributed by atoms with E-state index in [0.717, 1.165) is 0 Å². The first-order chi connectivity index (χ1) is 39.4. The third-order valence-corrected chi connectivity index (χ3v) is 18.4. The van der Waals surface area contributed by atoms with E-state index in [1.807, 2.05) is 58.8 Å². The number of rotatable bonds is 15. The van der Waals surface area contributed by atoms with Gasteiger partial charge in [-0.1, -0.05) is 19.1 Å². The van der Waals surface area contributed by atoms with E-state index in [-0.39, 0.29) is 78.4 Å². The van der Waals surface area contributed by atoms with Crippen LogP contribution in [-0.4, -0.2) is 215 Å². The number of fused-ring (bicyclic) bond motifs is 3. The molecule has 0 spiro atoms. The van der Waals surface area contributed by atoms with Gasteiger partial charge in [0.1, 0.15) is 47.8 Å². The number of aliphatic hydroxyl groups excluding tert-OH is 2. The van der Waals surface area contributed by atoms with Crippen LogP contribution < -0.4 is 0 Å². The number of carbonyl (C=O) groups is 3. The zero-order valence-corrected chi connectivity index (χ0v) is 49.4. The summed E-state index contributed by atoms with van der Waals surface area (Å²) in [4.78, 5) is 45.1. The number of ketones is 3. The smallest absolute Gasteiger partial charge is 0.202 e. The zero-order chi connectivity index (χ0) is 59.7. The Bertz CT molecular complexity index is 2660. The minimum Gasteiger partial charge on any atom is -0.507 e. The fraction of sp³-hybridized carbons (Fsp3) is 0.750. The van der Waals surface area contributed by atoms with Crippen LogP contribution in [0.25, 0.3) is 0 Å². The predicted molar refractivity (Wildman–Crippen MR) is 291 cm³/mol. The van der Waals surface area contributed by atoms with E-state index in [1.165, 1.54) is 18.2 Å². The lowest BCUT2D eigenvalue weighted by Gasteiger charge is -2.50. The van der Waals surface area contributed by atoms with Gasteiger partial charge in [-0.25, -0.2) is 0 Å². The van der Waals surface area contributed by atoms with Gasteiger partial charge < -0.3 is 97.3 Å². The number of likely N-dealkylation sites (N-methyl/N-ethyl adjacent to an activating group) is 2. The van der Waals surface area contributed by atoms with E-state index in [9.17, 15) is 45.0 Å². The van der Waals surface area contributed by atoms with Crippen molar-refractivity contribution < 1.29 is 102 Å². The number of phenols is 3. The lowest BCUT2D eigenvalue weighted by Crippen LogP contribution is -2.58. The Morgan fingerprint density at radius 3 is 1.67 bits per heavy atom. The molecule has 2 aromatic rings. The topological polar surface area (TPSA) is 290 Å². The van der Waals surface area contributed by atoms with Gasteiger partial charge in [-0.2, -0.15) is 0 Å². The molecule has 83 heavy (non-hydrogen) atoms. The van der Waals surface area contributed by atoms with Crippen LogP contribution in [-0.2, 0) is 61.6 Å². The number of phenolic OH excluding ortho intramolecular Hbond substituents is 3. The molecule has 23 atom stereocenters. The Hall–Kier alpha value is -3.83. The van der Waals surface area contributed by atoms with Crippen molar-refractivity contribution in [2.75, 3.05) is 28.2 Å². The monoisotopic (exact) mass is 1170 g/mol. The van der Waals surface area contributed by atoms with Gasteiger partial charge in [-0.05, 0) is 95.1 Å². The average molecular weight is 1170 g/mol. The molecule has 2 aromatic carbocycles. The van der Waals surface area contributed by atoms with Gasteiger partial charge >= 0.3 is 0 Å². The molecule has 23 unspecified atom stereocenters. The standard InChI is InChI=1S/C60H86N2O21/c1-12-60(71)25-40(79-44-22-33(61(8)9)57(30(6)75-44)82-46-24-38(66)58(31(7)77-46)81-42-20-17-36(64)27(3)73-42)48-51(55(70)49-50(54(48)69)53(68)47-32(52(49)67)14-13-15-37(47)65)59(60)83-45-23-34(62(10)11)56(29(5)76-45)80-43-21-18-39(28(4)74-43)78-41-19-16-35(63)26(2)72-41/h13-15,26-31,33-34,36,38-46,56-59,64-66,69-71H,12,16-25H2,1-11H3. The maximum atomic E-state index is 14.5. The highest BCUT2D eigenvalue weighted by molar-refractivity contribution is 6.31. The van der Waals surface area contributed by atoms with Crippen LogP contribution in [0, 0.1) is 0 Å². The zero-order valence-electron chi connectivity index (χ0n) is 49.4. The van der Waals surface area contributed by atoms with Gasteiger partial charge in [0.05, 0.1) is 77.2 Å². The molecule has 0 radical (unpaired) electrons. The molecule has 462 valence electrons. The van der Waals surface area contributed by atoms with E-state index in [4.69, 9.17) is 56.8 Å². The lowest BCUT2D eigenvalue weighted by molar-refractivity contribution is -0.330. The molecule has 2 aliphatic carbocycles. The molecule has 0 saturated carbocycles. The molecule has 23 heteroatoms. The Labute approximate surface area is 484 Å². The number of ether oxygens (including phenoxy) is 12. The number of benzene rings is 2. The van der Waals surface area contributed by atoms with Gasteiger partial charge in [-0.3, -0.25) is 14.4 Å². The molecule has 23 nitrogen and oxygen atoms in total. The molecule has 10 rings (SSSR count). The molecular weight excluding hydrogens is 1080 g/mol. The molecule has 6 N–H and O–H groups in total. The number of aromatic hydroxyl groups is 3. The third-order valence-electron chi connectivity index (χ3n) is 18.4. The van der Waals surface area contributed by atoms with Crippen molar-refractivity contribution >= 4 is 17.3 Å². The molecule has 8 aliphatic rings. The molecule has 0 amide bonds. The second kappa shape index (κ2) is 25.1. The largest absolute Gasteiger partial charge is 0.507 e. The first-order valence-corrected chi connectivity index (χ1v) is 29.7. The Morgan fingerprint density at radius 2 is 1.08 bits per heavy atom. The highest BCUT2D eigenvalue weighted by atomic mass is 16.8. The Kier molecular flexibility index (Phi) is 18.8. The molecule has 6 heterocycles. The van der Waals surface area contributed by atoms with Gasteiger partial charge in [0, 0.05) is 80.1 Å². The van der Waals surface area contributed by atoms with Crippen molar-refractivity contribution in [1.29, 1.82) is 0 Å². The summed E-state index contributed by atoms with van der Waals surface area (Å²) in [6.07, 6.45) is -11.2. The van der Waals surface area contributed by atoms with Gasteiger partial charge in [0.15, 0.2) is 49.3 Å². The van der Waals surface area contributed by atoms with Crippen molar-refractivity contribution in [3.63, 3.8) is 0 Å². The number of hydrogen-bond acceptors (Lipinski definition) is 23. The third kappa shape index (κ3) is 12.4. The van der Waals surface area contributed by atoms with Crippen molar-refractivity contribution in [2.45, 2.75) is 260 Å². The van der Waals surface area contributed by atoms with Gasteiger partial charge in [-0.15, -0.1) is 0 Å². The number of carbonyl (C=O) groups excluding carboxylic acids is 3. The molecule has 0 bridgehead atoms. The summed E-state index contributed by atoms with van der Waals surface area (Å²) in [6.45, 7) is 12.6. The van der Waals surface area contributed by atoms with Crippen LogP contribution in [0.2, 0.25) is 0 Å². The number of hydrogen-bond donors (Lipinski definition) is 6. The maximum absolute atomic E-state index is 14.5. The van der Waals surface area contributed by atoms with Crippen molar-refractivity contribution in [1.82, 2.24) is 9.80 Å². The van der Waals surface area contributed by atoms with Crippen molar-refractivity contribution in [3.8, 4) is 17.2 Å². The summed E-state index contributed by atoms with van der Waals surface area (Å²) in [5.41, 5.74) is -3.75. The summed E-state index contributed by atoms with van der Waals surface area (Å²) in [6, 6.07) is 3.27. The average Bonchev–Trinajstić information content (AvgIpc) is 0.798. The first kappa shape index (κ1) is 62.2. The summed E-state index contributed by atoms with van der Waals surface area (Å²) >= 11 is 0. The SMILES string of the molecule is CCC1(O)CC(OC2CC(N(C)C)C(OC3CC(O)C(OC4CCC(O)C(C)O4)C(C)O3)C(C)O2)c2c(O)c3c(c(O)c2C1OC1CC(N(C)C)C(OC2CCC(OC4CCC(=O)C(C)O4)C(C)O2)C(C)O1)C(=O)c1cccc(O)c1C3=O. The lowest BCUT2D eigenvalue weighted by atomic mass is 9.70. The normalized spacial score (nSPS) is 41.4. The molecule has 6 saturated heterocycles. The van der Waals surface area contributed by atoms with Crippen LogP contribution in [0.3, 0.4) is 0 Å². The summed E-state index contributed by atoms with van der Waals surface area (Å²) in [5, 5.41) is 70.9. The van der Waals surface area contributed by atoms with Crippen molar-refractivity contribution in [3.05, 3.63) is 51.6 Å².